The Morgan fingerprint density at radius 2 is 2.12 bits per heavy atom. The molecule has 12 heteroatoms. The Hall–Kier alpha value is -2.05. The van der Waals surface area contributed by atoms with Gasteiger partial charge in [-0.15, -0.1) is 4.83 Å². The van der Waals surface area contributed by atoms with E-state index < -0.39 is 27.3 Å². The Morgan fingerprint density at radius 1 is 1.33 bits per heavy atom. The number of ether oxygens (including phenoxy) is 2. The first kappa shape index (κ1) is 25.6. The Morgan fingerprint density at radius 3 is 2.82 bits per heavy atom. The van der Waals surface area contributed by atoms with Crippen molar-refractivity contribution in [3.05, 3.63) is 41.1 Å². The van der Waals surface area contributed by atoms with Crippen molar-refractivity contribution < 1.29 is 27.1 Å². The molecule has 2 unspecified atom stereocenters. The second-order valence-electron chi connectivity index (χ2n) is 8.10. The maximum atomic E-state index is 14.5. The van der Waals surface area contributed by atoms with E-state index in [1.165, 1.54) is 12.1 Å². The highest BCUT2D eigenvalue weighted by atomic mass is 35.5. The molecule has 1 amide bonds. The summed E-state index contributed by atoms with van der Waals surface area (Å²) in [6, 6.07) is 2.63. The number of nitrogens with one attached hydrogen (secondary N) is 2. The van der Waals surface area contributed by atoms with Gasteiger partial charge in [-0.2, -0.15) is 0 Å². The number of hydrogen-bond acceptors (Lipinski definition) is 6. The molecule has 0 aliphatic heterocycles. The molecule has 0 radical (unpaired) electrons. The van der Waals surface area contributed by atoms with Crippen LogP contribution in [0, 0.1) is 11.7 Å². The molecule has 1 aromatic carbocycles. The fourth-order valence-corrected chi connectivity index (χ4v) is 5.32. The monoisotopic (exact) mass is 502 g/mol. The van der Waals surface area contributed by atoms with Gasteiger partial charge >= 0.3 is 0 Å². The molecule has 0 bridgehead atoms. The average Bonchev–Trinajstić information content (AvgIpc) is 3.20. The van der Waals surface area contributed by atoms with Gasteiger partial charge in [-0.3, -0.25) is 10.2 Å². The second-order valence-corrected chi connectivity index (χ2v) is 10.3. The Bertz CT molecular complexity index is 1080. The molecule has 9 nitrogen and oxygen atoms in total. The first-order valence-corrected chi connectivity index (χ1v) is 12.6. The molecule has 33 heavy (non-hydrogen) atoms. The van der Waals surface area contributed by atoms with Crippen molar-refractivity contribution in [2.24, 2.45) is 13.0 Å². The van der Waals surface area contributed by atoms with Crippen LogP contribution < -0.4 is 10.3 Å². The Balaban J connectivity index is 1.61. The van der Waals surface area contributed by atoms with E-state index in [0.717, 1.165) is 19.3 Å². The number of imidazole rings is 1. The fraction of sp³-hybridized carbons (Fsp3) is 0.524. The number of aromatic nitrogens is 2. The van der Waals surface area contributed by atoms with Crippen LogP contribution in [0.25, 0.3) is 11.3 Å². The minimum Gasteiger partial charge on any atom is -0.382 e. The summed E-state index contributed by atoms with van der Waals surface area (Å²) in [6.45, 7) is 0.940. The van der Waals surface area contributed by atoms with E-state index in [1.807, 2.05) is 0 Å². The van der Waals surface area contributed by atoms with Crippen molar-refractivity contribution >= 4 is 27.5 Å². The van der Waals surface area contributed by atoms with Crippen LogP contribution in [0.15, 0.2) is 24.7 Å². The molecular formula is C21H28ClFN4O5S. The van der Waals surface area contributed by atoms with E-state index in [4.69, 9.17) is 21.1 Å². The van der Waals surface area contributed by atoms with Crippen molar-refractivity contribution in [1.29, 1.82) is 0 Å². The average molecular weight is 503 g/mol. The van der Waals surface area contributed by atoms with Crippen LogP contribution >= 0.6 is 11.6 Å². The third kappa shape index (κ3) is 7.21. The van der Waals surface area contributed by atoms with Crippen LogP contribution in [0.1, 0.15) is 36.0 Å². The van der Waals surface area contributed by atoms with E-state index in [2.05, 4.69) is 15.2 Å². The highest BCUT2D eigenvalue weighted by Gasteiger charge is 2.27. The van der Waals surface area contributed by atoms with Gasteiger partial charge in [0.05, 0.1) is 47.7 Å². The van der Waals surface area contributed by atoms with Crippen molar-refractivity contribution in [2.45, 2.75) is 31.8 Å². The third-order valence-electron chi connectivity index (χ3n) is 5.42. The van der Waals surface area contributed by atoms with Crippen LogP contribution in [-0.2, 0) is 26.5 Å². The van der Waals surface area contributed by atoms with Gasteiger partial charge in [-0.05, 0) is 37.3 Å². The highest BCUT2D eigenvalue weighted by Crippen LogP contribution is 2.28. The number of sulfonamides is 1. The van der Waals surface area contributed by atoms with E-state index >= 15 is 0 Å². The van der Waals surface area contributed by atoms with Gasteiger partial charge in [-0.1, -0.05) is 18.0 Å². The Labute approximate surface area is 197 Å². The van der Waals surface area contributed by atoms with Gasteiger partial charge in [0.2, 0.25) is 10.0 Å². The summed E-state index contributed by atoms with van der Waals surface area (Å²) in [5.74, 6) is -2.19. The highest BCUT2D eigenvalue weighted by molar-refractivity contribution is 7.89. The first-order chi connectivity index (χ1) is 15.7. The molecule has 2 aromatic rings. The van der Waals surface area contributed by atoms with Gasteiger partial charge in [0.15, 0.2) is 5.82 Å². The molecule has 2 N–H and O–H groups in total. The van der Waals surface area contributed by atoms with Gasteiger partial charge in [0.1, 0.15) is 0 Å². The van der Waals surface area contributed by atoms with Crippen molar-refractivity contribution in [1.82, 2.24) is 19.8 Å². The lowest BCUT2D eigenvalue weighted by atomic mass is 9.88. The normalized spacial score (nSPS) is 18.9. The third-order valence-corrected chi connectivity index (χ3v) is 7.02. The van der Waals surface area contributed by atoms with E-state index in [1.54, 1.807) is 31.2 Å². The number of rotatable bonds is 10. The number of hydrazine groups is 1. The number of aryl methyl sites for hydroxylation is 1. The lowest BCUT2D eigenvalue weighted by Gasteiger charge is -2.29. The fourth-order valence-electron chi connectivity index (χ4n) is 3.85. The predicted molar refractivity (Wildman–Crippen MR) is 122 cm³/mol. The number of carbonyl (C=O) groups is 1. The number of benzene rings is 1. The van der Waals surface area contributed by atoms with E-state index in [-0.39, 0.29) is 22.8 Å². The smallest absolute Gasteiger partial charge is 0.269 e. The maximum Gasteiger partial charge on any atom is 0.269 e. The summed E-state index contributed by atoms with van der Waals surface area (Å²) in [6.07, 6.45) is 6.30. The lowest BCUT2D eigenvalue weighted by molar-refractivity contribution is -0.00922. The molecule has 0 spiro atoms. The zero-order valence-electron chi connectivity index (χ0n) is 18.5. The van der Waals surface area contributed by atoms with Crippen LogP contribution in [-0.4, -0.2) is 56.1 Å². The molecule has 1 heterocycles. The molecule has 1 aliphatic rings. The van der Waals surface area contributed by atoms with Gasteiger partial charge in [0.25, 0.3) is 5.91 Å². The molecule has 182 valence electrons. The van der Waals surface area contributed by atoms with E-state index in [0.29, 0.717) is 30.9 Å². The zero-order chi connectivity index (χ0) is 24.0. The number of hydrogen-bond donors (Lipinski definition) is 2. The predicted octanol–water partition coefficient (Wildman–Crippen LogP) is 2.67. The van der Waals surface area contributed by atoms with E-state index in [9.17, 15) is 17.6 Å². The second kappa shape index (κ2) is 11.4. The molecule has 1 aromatic heterocycles. The van der Waals surface area contributed by atoms with Crippen LogP contribution in [0.3, 0.4) is 0 Å². The number of methoxy groups -OCH3 is 1. The quantitative estimate of drug-likeness (QED) is 0.381. The maximum absolute atomic E-state index is 14.5. The first-order valence-electron chi connectivity index (χ1n) is 10.6. The SMILES string of the molecule is COCCOC1CCCC(CS(=O)(=O)NNC(=O)c2cc(-c3cn(C)cn3)cc(Cl)c2F)C1. The molecule has 1 saturated carbocycles. The number of halogens is 2. The largest absolute Gasteiger partial charge is 0.382 e. The topological polar surface area (TPSA) is 112 Å². The van der Waals surface area contributed by atoms with Crippen molar-refractivity contribution in [3.8, 4) is 11.3 Å². The molecule has 1 fully saturated rings. The minimum absolute atomic E-state index is 0.0192. The number of carbonyl (C=O) groups excluding carboxylic acids is 1. The molecule has 2 atom stereocenters. The Kier molecular flexibility index (Phi) is 8.82. The molecule has 0 saturated heterocycles. The van der Waals surface area contributed by atoms with Crippen molar-refractivity contribution in [2.75, 3.05) is 26.1 Å². The van der Waals surface area contributed by atoms with Crippen LogP contribution in [0.4, 0.5) is 4.39 Å². The lowest BCUT2D eigenvalue weighted by Crippen LogP contribution is -2.44. The summed E-state index contributed by atoms with van der Waals surface area (Å²) in [4.78, 5) is 18.8. The summed E-state index contributed by atoms with van der Waals surface area (Å²) in [5, 5.41) is -0.270. The number of amides is 1. The van der Waals surface area contributed by atoms with Crippen LogP contribution in [0.2, 0.25) is 5.02 Å². The van der Waals surface area contributed by atoms with Gasteiger partial charge in [0, 0.05) is 25.9 Å². The minimum atomic E-state index is -3.85. The molecular weight excluding hydrogens is 475 g/mol. The summed E-state index contributed by atoms with van der Waals surface area (Å²) in [5.41, 5.74) is 2.61. The number of nitrogens with zero attached hydrogens (tertiary/aromatic N) is 2. The zero-order valence-corrected chi connectivity index (χ0v) is 20.1. The summed E-state index contributed by atoms with van der Waals surface area (Å²) < 4.78 is 51.9. The van der Waals surface area contributed by atoms with Gasteiger partial charge in [-0.25, -0.2) is 17.8 Å². The molecule has 1 aliphatic carbocycles. The standard InChI is InChI=1S/C21H28ClFN4O5S/c1-27-11-19(24-13-27)15-9-17(20(23)18(22)10-15)21(28)25-26-33(29,30)12-14-4-3-5-16(8-14)32-7-6-31-2/h9-11,13-14,16,26H,3-8,12H2,1-2H3,(H,25,28). The summed E-state index contributed by atoms with van der Waals surface area (Å²) in [7, 11) is -0.488. The molecule has 3 rings (SSSR count). The summed E-state index contributed by atoms with van der Waals surface area (Å²) >= 11 is 5.95. The van der Waals surface area contributed by atoms with Crippen molar-refractivity contribution in [3.63, 3.8) is 0 Å². The van der Waals surface area contributed by atoms with Gasteiger partial charge < -0.3 is 14.0 Å². The van der Waals surface area contributed by atoms with Crippen LogP contribution in [0.5, 0.6) is 0 Å².